The average Bonchev–Trinajstić information content (AvgIpc) is 3.83. The molecule has 4 rings (SSSR count). The molecule has 0 radical (unpaired) electrons. The van der Waals surface area contributed by atoms with E-state index in [-0.39, 0.29) is 0 Å². The van der Waals surface area contributed by atoms with Gasteiger partial charge < -0.3 is 10.2 Å². The van der Waals surface area contributed by atoms with Crippen LogP contribution in [0.4, 0.5) is 0 Å². The third-order valence-electron chi connectivity index (χ3n) is 8.71. The largest absolute Gasteiger partial charge is 0.354 e. The van der Waals surface area contributed by atoms with Crippen LogP contribution < -0.4 is 5.32 Å². The van der Waals surface area contributed by atoms with Crippen molar-refractivity contribution in [1.29, 1.82) is 0 Å². The normalized spacial score (nSPS) is 22.5. The molecular formula is C33H52ClN5O. The van der Waals surface area contributed by atoms with Gasteiger partial charge in [-0.3, -0.25) is 14.6 Å². The summed E-state index contributed by atoms with van der Waals surface area (Å²) in [5, 5.41) is 3.94. The van der Waals surface area contributed by atoms with Crippen molar-refractivity contribution in [3.8, 4) is 0 Å². The van der Waals surface area contributed by atoms with Gasteiger partial charge in [0, 0.05) is 61.1 Å². The Kier molecular flexibility index (Phi) is 13.4. The standard InChI is InChI=1S/C29H43ClN4O.C4H9N/c1-6-23(4)24(5)29(31-18-22(3)21-35)33-16-17-34(27(7-2)20-33)28-12-14-32(15-13-28)19-25-8-10-26(30)11-9-25;1-5-4-2-3-4/h8-11,18,21,27-28H,6-7,12-17,19-20H2,1-5H3;4-5H,2-3H2,1H3/b22-18+,24-23+,31-29+;. The summed E-state index contributed by atoms with van der Waals surface area (Å²) in [7, 11) is 2.01. The molecule has 1 aromatic rings. The minimum absolute atomic E-state index is 0.521. The number of hydrogen-bond acceptors (Lipinski definition) is 5. The average molecular weight is 570 g/mol. The fourth-order valence-electron chi connectivity index (χ4n) is 5.60. The van der Waals surface area contributed by atoms with Crippen LogP contribution in [-0.4, -0.2) is 84.7 Å². The molecule has 1 N–H and O–H groups in total. The van der Waals surface area contributed by atoms with Gasteiger partial charge in [0.25, 0.3) is 0 Å². The lowest BCUT2D eigenvalue weighted by Crippen LogP contribution is -2.59. The summed E-state index contributed by atoms with van der Waals surface area (Å²) in [5.74, 6) is 1.03. The number of benzene rings is 1. The van der Waals surface area contributed by atoms with Crippen molar-refractivity contribution in [3.05, 3.63) is 57.8 Å². The molecule has 0 spiro atoms. The number of piperazine rings is 1. The van der Waals surface area contributed by atoms with Gasteiger partial charge >= 0.3 is 0 Å². The number of rotatable bonds is 9. The van der Waals surface area contributed by atoms with Gasteiger partial charge in [0.15, 0.2) is 0 Å². The number of aliphatic imine (C=N–C) groups is 1. The number of allylic oxidation sites excluding steroid dienone is 2. The van der Waals surface area contributed by atoms with E-state index in [9.17, 15) is 4.79 Å². The molecular weight excluding hydrogens is 518 g/mol. The fourth-order valence-corrected chi connectivity index (χ4v) is 5.73. The van der Waals surface area contributed by atoms with Crippen LogP contribution in [0.3, 0.4) is 0 Å². The number of hydrogen-bond donors (Lipinski definition) is 1. The van der Waals surface area contributed by atoms with E-state index in [0.717, 1.165) is 75.3 Å². The second-order valence-corrected chi connectivity index (χ2v) is 12.1. The number of carbonyl (C=O) groups excluding carboxylic acids is 1. The summed E-state index contributed by atoms with van der Waals surface area (Å²) in [6.07, 6.45) is 9.98. The van der Waals surface area contributed by atoms with Crippen molar-refractivity contribution < 1.29 is 4.79 Å². The molecule has 3 aliphatic rings. The van der Waals surface area contributed by atoms with Gasteiger partial charge in [-0.1, -0.05) is 43.2 Å². The van der Waals surface area contributed by atoms with Crippen molar-refractivity contribution >= 4 is 23.7 Å². The van der Waals surface area contributed by atoms with Gasteiger partial charge in [-0.05, 0) is 103 Å². The Morgan fingerprint density at radius 3 is 2.23 bits per heavy atom. The summed E-state index contributed by atoms with van der Waals surface area (Å²) in [6.45, 7) is 17.0. The SMILES string of the molecule is CC/C(C)=C(C)/C(=N\C=C(/C)C=O)N1CCN(C2CCN(Cc3ccc(Cl)cc3)CC2)C(CC)C1.CNC1CC1. The zero-order chi connectivity index (χ0) is 29.1. The van der Waals surface area contributed by atoms with Crippen molar-refractivity contribution in [1.82, 2.24) is 20.0 Å². The molecule has 0 bridgehead atoms. The Balaban J connectivity index is 0.000000792. The third kappa shape index (κ3) is 9.83. The highest BCUT2D eigenvalue weighted by molar-refractivity contribution is 6.30. The molecule has 1 saturated carbocycles. The number of piperidine rings is 1. The number of carbonyl (C=O) groups is 1. The molecule has 222 valence electrons. The molecule has 2 saturated heterocycles. The number of aldehydes is 1. The van der Waals surface area contributed by atoms with Gasteiger partial charge in [0.2, 0.25) is 0 Å². The van der Waals surface area contributed by atoms with E-state index in [1.54, 1.807) is 6.20 Å². The predicted molar refractivity (Wildman–Crippen MR) is 170 cm³/mol. The Hall–Kier alpha value is -1.99. The lowest BCUT2D eigenvalue weighted by atomic mass is 9.97. The topological polar surface area (TPSA) is 51.2 Å². The summed E-state index contributed by atoms with van der Waals surface area (Å²) in [4.78, 5) is 23.7. The molecule has 7 heteroatoms. The second-order valence-electron chi connectivity index (χ2n) is 11.6. The zero-order valence-corrected chi connectivity index (χ0v) is 26.5. The number of nitrogens with zero attached hydrogens (tertiary/aromatic N) is 4. The number of likely N-dealkylation sites (tertiary alicyclic amines) is 1. The summed E-state index contributed by atoms with van der Waals surface area (Å²) < 4.78 is 0. The van der Waals surface area contributed by atoms with Crippen LogP contribution in [-0.2, 0) is 11.3 Å². The maximum Gasteiger partial charge on any atom is 0.147 e. The van der Waals surface area contributed by atoms with Crippen LogP contribution in [0.5, 0.6) is 0 Å². The highest BCUT2D eigenvalue weighted by atomic mass is 35.5. The van der Waals surface area contributed by atoms with Crippen molar-refractivity contribution in [3.63, 3.8) is 0 Å². The molecule has 1 atom stereocenters. The molecule has 1 aromatic carbocycles. The van der Waals surface area contributed by atoms with Crippen LogP contribution in [0, 0.1) is 0 Å². The fraction of sp³-hybridized carbons (Fsp3) is 0.636. The van der Waals surface area contributed by atoms with E-state index in [4.69, 9.17) is 16.6 Å². The monoisotopic (exact) mass is 569 g/mol. The summed E-state index contributed by atoms with van der Waals surface area (Å²) >= 11 is 6.05. The van der Waals surface area contributed by atoms with E-state index < -0.39 is 0 Å². The first kappa shape index (κ1) is 32.5. The zero-order valence-electron chi connectivity index (χ0n) is 25.8. The number of nitrogens with one attached hydrogen (secondary N) is 1. The van der Waals surface area contributed by atoms with Gasteiger partial charge in [-0.2, -0.15) is 0 Å². The highest BCUT2D eigenvalue weighted by Crippen LogP contribution is 2.26. The van der Waals surface area contributed by atoms with Gasteiger partial charge in [-0.15, -0.1) is 0 Å². The molecule has 3 fully saturated rings. The molecule has 0 amide bonds. The molecule has 6 nitrogen and oxygen atoms in total. The number of amidine groups is 1. The summed E-state index contributed by atoms with van der Waals surface area (Å²) in [5.41, 5.74) is 4.58. The predicted octanol–water partition coefficient (Wildman–Crippen LogP) is 6.32. The van der Waals surface area contributed by atoms with Gasteiger partial charge in [0.05, 0.1) is 0 Å². The highest BCUT2D eigenvalue weighted by Gasteiger charge is 2.34. The van der Waals surface area contributed by atoms with Crippen LogP contribution in [0.25, 0.3) is 0 Å². The van der Waals surface area contributed by atoms with Gasteiger partial charge in [-0.25, -0.2) is 4.99 Å². The molecule has 2 aliphatic heterocycles. The Morgan fingerprint density at radius 1 is 1.02 bits per heavy atom. The molecule has 1 unspecified atom stereocenters. The molecule has 2 heterocycles. The Morgan fingerprint density at radius 2 is 1.70 bits per heavy atom. The quantitative estimate of drug-likeness (QED) is 0.163. The maximum absolute atomic E-state index is 11.1. The lowest BCUT2D eigenvalue weighted by Gasteiger charge is -2.48. The Bertz CT molecular complexity index is 1020. The molecule has 1 aliphatic carbocycles. The van der Waals surface area contributed by atoms with E-state index in [2.05, 4.69) is 59.8 Å². The summed E-state index contributed by atoms with van der Waals surface area (Å²) in [6, 6.07) is 10.3. The second kappa shape index (κ2) is 16.5. The van der Waals surface area contributed by atoms with E-state index >= 15 is 0 Å². The van der Waals surface area contributed by atoms with Crippen molar-refractivity contribution in [2.75, 3.05) is 39.8 Å². The lowest BCUT2D eigenvalue weighted by molar-refractivity contribution is -0.104. The first-order chi connectivity index (χ1) is 19.3. The van der Waals surface area contributed by atoms with Gasteiger partial charge in [0.1, 0.15) is 12.1 Å². The Labute approximate surface area is 248 Å². The minimum Gasteiger partial charge on any atom is -0.354 e. The van der Waals surface area contributed by atoms with Crippen LogP contribution in [0.15, 0.2) is 52.2 Å². The van der Waals surface area contributed by atoms with Crippen LogP contribution in [0.1, 0.15) is 78.7 Å². The molecule has 40 heavy (non-hydrogen) atoms. The van der Waals surface area contributed by atoms with E-state index in [0.29, 0.717) is 17.7 Å². The van der Waals surface area contributed by atoms with E-state index in [1.165, 1.54) is 42.4 Å². The number of halogens is 1. The van der Waals surface area contributed by atoms with Crippen molar-refractivity contribution in [2.45, 2.75) is 97.8 Å². The molecule has 0 aromatic heterocycles. The van der Waals surface area contributed by atoms with E-state index in [1.807, 2.05) is 26.1 Å². The first-order valence-electron chi connectivity index (χ1n) is 15.3. The maximum atomic E-state index is 11.1. The van der Waals surface area contributed by atoms with Crippen LogP contribution >= 0.6 is 11.6 Å². The minimum atomic E-state index is 0.521. The smallest absolute Gasteiger partial charge is 0.147 e. The first-order valence-corrected chi connectivity index (χ1v) is 15.7. The van der Waals surface area contributed by atoms with Crippen molar-refractivity contribution in [2.24, 2.45) is 4.99 Å². The third-order valence-corrected chi connectivity index (χ3v) is 8.96. The van der Waals surface area contributed by atoms with Crippen LogP contribution in [0.2, 0.25) is 5.02 Å².